The fourth-order valence-corrected chi connectivity index (χ4v) is 4.89. The van der Waals surface area contributed by atoms with Gasteiger partial charge in [0.15, 0.2) is 10.8 Å². The van der Waals surface area contributed by atoms with Crippen molar-refractivity contribution in [1.29, 1.82) is 0 Å². The van der Waals surface area contributed by atoms with E-state index in [9.17, 15) is 4.79 Å². The fourth-order valence-electron chi connectivity index (χ4n) is 2.79. The van der Waals surface area contributed by atoms with Gasteiger partial charge in [0.25, 0.3) is 0 Å². The Hall–Kier alpha value is -1.90. The van der Waals surface area contributed by atoms with E-state index >= 15 is 0 Å². The molecule has 0 saturated carbocycles. The molecule has 2 aromatic heterocycles. The van der Waals surface area contributed by atoms with E-state index in [2.05, 4.69) is 39.0 Å². The molecule has 2 heterocycles. The van der Waals surface area contributed by atoms with Gasteiger partial charge < -0.3 is 10.2 Å². The number of anilines is 1. The Morgan fingerprint density at radius 2 is 1.90 bits per heavy atom. The minimum Gasteiger partial charge on any atom is -0.351 e. The lowest BCUT2D eigenvalue weighted by molar-refractivity contribution is -0.118. The summed E-state index contributed by atoms with van der Waals surface area (Å²) in [4.78, 5) is 27.9. The lowest BCUT2D eigenvalue weighted by Gasteiger charge is -2.19. The van der Waals surface area contributed by atoms with Gasteiger partial charge in [-0.1, -0.05) is 60.7 Å². The van der Waals surface area contributed by atoms with E-state index in [0.29, 0.717) is 23.0 Å². The number of nitrogens with zero attached hydrogens (tertiary/aromatic N) is 4. The van der Waals surface area contributed by atoms with E-state index < -0.39 is 0 Å². The molecular weight excluding hydrogens is 426 g/mol. The topological polar surface area (TPSA) is 71.0 Å². The standard InChI is InChI=1S/C20H24ClN5OS2/c1-3-9-26(10-4-2)20-25-18-17(29-20)19(24-13-23-18)28-12-16(27)22-11-14-5-7-15(21)8-6-14/h5-8,13H,3-4,9-12H2,1-2H3,(H,22,27). The molecule has 0 aliphatic rings. The molecule has 154 valence electrons. The number of hydrogen-bond donors (Lipinski definition) is 1. The number of fused-ring (bicyclic) bond motifs is 1. The first kappa shape index (κ1) is 21.8. The normalized spacial score (nSPS) is 11.0. The maximum absolute atomic E-state index is 12.3. The van der Waals surface area contributed by atoms with Crippen LogP contribution in [-0.2, 0) is 11.3 Å². The lowest BCUT2D eigenvalue weighted by atomic mass is 10.2. The van der Waals surface area contributed by atoms with Gasteiger partial charge in [-0.3, -0.25) is 4.79 Å². The molecule has 3 rings (SSSR count). The Bertz CT molecular complexity index is 942. The lowest BCUT2D eigenvalue weighted by Crippen LogP contribution is -2.24. The average molecular weight is 450 g/mol. The molecule has 0 saturated heterocycles. The molecule has 0 atom stereocenters. The number of carbonyl (C=O) groups is 1. The number of thioether (sulfide) groups is 1. The minimum absolute atomic E-state index is 0.0416. The molecule has 0 aliphatic carbocycles. The third kappa shape index (κ3) is 6.04. The molecule has 0 aliphatic heterocycles. The van der Waals surface area contributed by atoms with Gasteiger partial charge in [0, 0.05) is 24.7 Å². The molecule has 1 amide bonds. The number of hydrogen-bond acceptors (Lipinski definition) is 7. The van der Waals surface area contributed by atoms with Crippen LogP contribution in [0.4, 0.5) is 5.13 Å². The molecular formula is C20H24ClN5OS2. The van der Waals surface area contributed by atoms with E-state index in [1.54, 1.807) is 11.3 Å². The third-order valence-electron chi connectivity index (χ3n) is 4.15. The summed E-state index contributed by atoms with van der Waals surface area (Å²) < 4.78 is 0.940. The second-order valence-corrected chi connectivity index (χ2v) is 8.88. The van der Waals surface area contributed by atoms with Crippen LogP contribution < -0.4 is 10.2 Å². The molecule has 1 aromatic carbocycles. The number of carbonyl (C=O) groups excluding carboxylic acids is 1. The first-order valence-corrected chi connectivity index (χ1v) is 11.8. The molecule has 0 bridgehead atoms. The Morgan fingerprint density at radius 3 is 2.59 bits per heavy atom. The predicted molar refractivity (Wildman–Crippen MR) is 122 cm³/mol. The van der Waals surface area contributed by atoms with Crippen LogP contribution in [0.5, 0.6) is 0 Å². The molecule has 29 heavy (non-hydrogen) atoms. The fraction of sp³-hybridized carbons (Fsp3) is 0.400. The monoisotopic (exact) mass is 449 g/mol. The van der Waals surface area contributed by atoms with Crippen LogP contribution in [-0.4, -0.2) is 39.7 Å². The highest BCUT2D eigenvalue weighted by Gasteiger charge is 2.16. The van der Waals surface area contributed by atoms with Crippen molar-refractivity contribution in [3.8, 4) is 0 Å². The summed E-state index contributed by atoms with van der Waals surface area (Å²) >= 11 is 8.90. The van der Waals surface area contributed by atoms with Crippen LogP contribution in [0.25, 0.3) is 10.3 Å². The molecule has 0 radical (unpaired) electrons. The van der Waals surface area contributed by atoms with Crippen molar-refractivity contribution in [2.24, 2.45) is 0 Å². The van der Waals surface area contributed by atoms with E-state index in [-0.39, 0.29) is 5.91 Å². The molecule has 9 heteroatoms. The Morgan fingerprint density at radius 1 is 1.17 bits per heavy atom. The summed E-state index contributed by atoms with van der Waals surface area (Å²) in [5.74, 6) is 0.251. The van der Waals surface area contributed by atoms with Crippen molar-refractivity contribution in [3.63, 3.8) is 0 Å². The highest BCUT2D eigenvalue weighted by Crippen LogP contribution is 2.33. The zero-order chi connectivity index (χ0) is 20.6. The van der Waals surface area contributed by atoms with Crippen molar-refractivity contribution < 1.29 is 4.79 Å². The van der Waals surface area contributed by atoms with Gasteiger partial charge >= 0.3 is 0 Å². The summed E-state index contributed by atoms with van der Waals surface area (Å²) in [7, 11) is 0. The number of aromatic nitrogens is 3. The van der Waals surface area contributed by atoms with Crippen molar-refractivity contribution in [3.05, 3.63) is 41.2 Å². The van der Waals surface area contributed by atoms with Gasteiger partial charge in [-0.25, -0.2) is 9.97 Å². The Kier molecular flexibility index (Phi) is 8.09. The van der Waals surface area contributed by atoms with Gasteiger partial charge in [0.05, 0.1) is 5.75 Å². The van der Waals surface area contributed by atoms with Crippen LogP contribution in [0.3, 0.4) is 0 Å². The van der Waals surface area contributed by atoms with Gasteiger partial charge in [0.1, 0.15) is 16.1 Å². The smallest absolute Gasteiger partial charge is 0.230 e. The van der Waals surface area contributed by atoms with Crippen molar-refractivity contribution in [2.75, 3.05) is 23.7 Å². The average Bonchev–Trinajstić information content (AvgIpc) is 3.16. The number of rotatable bonds is 10. The maximum Gasteiger partial charge on any atom is 0.230 e. The molecule has 0 fully saturated rings. The van der Waals surface area contributed by atoms with E-state index in [1.807, 2.05) is 24.3 Å². The zero-order valence-corrected chi connectivity index (χ0v) is 18.9. The summed E-state index contributed by atoms with van der Waals surface area (Å²) in [6, 6.07) is 7.44. The second kappa shape index (κ2) is 10.8. The summed E-state index contributed by atoms with van der Waals surface area (Å²) in [6.07, 6.45) is 3.65. The number of thiazole rings is 1. The van der Waals surface area contributed by atoms with Crippen LogP contribution in [0.2, 0.25) is 5.02 Å². The Labute approximate surface area is 184 Å². The quantitative estimate of drug-likeness (QED) is 0.355. The number of halogens is 1. The highest BCUT2D eigenvalue weighted by atomic mass is 35.5. The number of benzene rings is 1. The SMILES string of the molecule is CCCN(CCC)c1nc2ncnc(SCC(=O)NCc3ccc(Cl)cc3)c2s1. The molecule has 0 spiro atoms. The molecule has 6 nitrogen and oxygen atoms in total. The maximum atomic E-state index is 12.3. The van der Waals surface area contributed by atoms with Crippen molar-refractivity contribution in [2.45, 2.75) is 38.3 Å². The largest absolute Gasteiger partial charge is 0.351 e. The second-order valence-electron chi connectivity index (χ2n) is 6.51. The molecule has 1 N–H and O–H groups in total. The zero-order valence-electron chi connectivity index (χ0n) is 16.5. The van der Waals surface area contributed by atoms with Gasteiger partial charge in [0.2, 0.25) is 5.91 Å². The van der Waals surface area contributed by atoms with Crippen molar-refractivity contribution in [1.82, 2.24) is 20.3 Å². The number of nitrogens with one attached hydrogen (secondary N) is 1. The molecule has 0 unspecified atom stereocenters. The predicted octanol–water partition coefficient (Wildman–Crippen LogP) is 4.77. The van der Waals surface area contributed by atoms with Crippen LogP contribution >= 0.6 is 34.7 Å². The first-order valence-electron chi connectivity index (χ1n) is 9.61. The Balaban J connectivity index is 1.63. The van der Waals surface area contributed by atoms with Crippen molar-refractivity contribution >= 4 is 56.1 Å². The highest BCUT2D eigenvalue weighted by molar-refractivity contribution is 8.00. The van der Waals surface area contributed by atoms with E-state index in [4.69, 9.17) is 11.6 Å². The van der Waals surface area contributed by atoms with E-state index in [1.165, 1.54) is 18.1 Å². The summed E-state index contributed by atoms with van der Waals surface area (Å²) in [5.41, 5.74) is 1.71. The van der Waals surface area contributed by atoms with Crippen LogP contribution in [0.1, 0.15) is 32.3 Å². The van der Waals surface area contributed by atoms with E-state index in [0.717, 1.165) is 46.4 Å². The first-order chi connectivity index (χ1) is 14.1. The van der Waals surface area contributed by atoms with Crippen LogP contribution in [0, 0.1) is 0 Å². The molecule has 3 aromatic rings. The van der Waals surface area contributed by atoms with Gasteiger partial charge in [-0.2, -0.15) is 4.98 Å². The minimum atomic E-state index is -0.0416. The van der Waals surface area contributed by atoms with Gasteiger partial charge in [-0.05, 0) is 30.5 Å². The number of amides is 1. The third-order valence-corrected chi connectivity index (χ3v) is 6.63. The summed E-state index contributed by atoms with van der Waals surface area (Å²) in [6.45, 7) is 6.75. The van der Waals surface area contributed by atoms with Gasteiger partial charge in [-0.15, -0.1) is 0 Å². The summed E-state index contributed by atoms with van der Waals surface area (Å²) in [5, 5.41) is 5.38. The van der Waals surface area contributed by atoms with Crippen LogP contribution in [0.15, 0.2) is 35.6 Å².